The van der Waals surface area contributed by atoms with Crippen LogP contribution in [-0.2, 0) is 0 Å². The number of primary amides is 1. The molecule has 0 aliphatic carbocycles. The third kappa shape index (κ3) is 4.82. The van der Waals surface area contributed by atoms with Crippen molar-refractivity contribution in [3.8, 4) is 5.88 Å². The number of nitrogens with two attached hydrogens (primary N) is 1. The highest BCUT2D eigenvalue weighted by Gasteiger charge is 2.05. The summed E-state index contributed by atoms with van der Waals surface area (Å²) >= 11 is 0. The molecule has 5 heteroatoms. The van der Waals surface area contributed by atoms with E-state index in [-0.39, 0.29) is 0 Å². The first-order chi connectivity index (χ1) is 8.13. The topological polar surface area (TPSA) is 77.2 Å². The van der Waals surface area contributed by atoms with Gasteiger partial charge < -0.3 is 15.8 Å². The van der Waals surface area contributed by atoms with Crippen molar-refractivity contribution in [2.45, 2.75) is 20.3 Å². The minimum absolute atomic E-state index is 0.425. The van der Waals surface area contributed by atoms with Crippen molar-refractivity contribution in [3.63, 3.8) is 0 Å². The highest BCUT2D eigenvalue weighted by atomic mass is 16.5. The van der Waals surface area contributed by atoms with Crippen molar-refractivity contribution < 1.29 is 9.53 Å². The Bertz CT molecular complexity index is 380. The van der Waals surface area contributed by atoms with Gasteiger partial charge in [0.2, 0.25) is 11.8 Å². The van der Waals surface area contributed by atoms with Gasteiger partial charge in [0, 0.05) is 23.9 Å². The van der Waals surface area contributed by atoms with Crippen molar-refractivity contribution in [2.75, 3.05) is 19.7 Å². The van der Waals surface area contributed by atoms with Crippen LogP contribution in [0, 0.1) is 6.92 Å². The summed E-state index contributed by atoms with van der Waals surface area (Å²) in [5.41, 5.74) is 6.36. The van der Waals surface area contributed by atoms with Crippen molar-refractivity contribution in [1.29, 1.82) is 0 Å². The summed E-state index contributed by atoms with van der Waals surface area (Å²) in [5.74, 6) is -0.0263. The lowest BCUT2D eigenvalue weighted by Crippen LogP contribution is -2.22. The number of nitrogens with zero attached hydrogens (tertiary/aromatic N) is 1. The molecule has 3 N–H and O–H groups in total. The Balaban J connectivity index is 2.50. The first-order valence-electron chi connectivity index (χ1n) is 5.75. The largest absolute Gasteiger partial charge is 0.476 e. The molecule has 1 aromatic rings. The molecule has 0 spiro atoms. The second-order valence-corrected chi connectivity index (χ2v) is 3.80. The molecule has 1 heterocycles. The number of amides is 1. The molecule has 1 amide bonds. The Hall–Kier alpha value is -1.62. The van der Waals surface area contributed by atoms with Gasteiger partial charge >= 0.3 is 0 Å². The third-order valence-electron chi connectivity index (χ3n) is 2.17. The lowest BCUT2D eigenvalue weighted by atomic mass is 10.2. The summed E-state index contributed by atoms with van der Waals surface area (Å²) in [5, 5.41) is 3.21. The van der Waals surface area contributed by atoms with Crippen LogP contribution in [0.3, 0.4) is 0 Å². The van der Waals surface area contributed by atoms with Crippen LogP contribution < -0.4 is 15.8 Å². The zero-order chi connectivity index (χ0) is 12.7. The summed E-state index contributed by atoms with van der Waals surface area (Å²) in [7, 11) is 0. The molecule has 0 saturated heterocycles. The van der Waals surface area contributed by atoms with Gasteiger partial charge in [-0.1, -0.05) is 6.92 Å². The lowest BCUT2D eigenvalue weighted by Gasteiger charge is -2.08. The number of carbonyl (C=O) groups is 1. The number of nitrogens with one attached hydrogen (secondary N) is 1. The fourth-order valence-electron chi connectivity index (χ4n) is 1.38. The maximum atomic E-state index is 11.0. The van der Waals surface area contributed by atoms with E-state index in [9.17, 15) is 4.79 Å². The van der Waals surface area contributed by atoms with E-state index in [0.29, 0.717) is 18.1 Å². The zero-order valence-corrected chi connectivity index (χ0v) is 10.3. The SMILES string of the molecule is CCCNCCOc1cc(C(N)=O)cc(C)n1. The van der Waals surface area contributed by atoms with Gasteiger partial charge in [-0.15, -0.1) is 0 Å². The van der Waals surface area contributed by atoms with Crippen LogP contribution in [-0.4, -0.2) is 30.6 Å². The molecule has 0 aliphatic rings. The molecule has 94 valence electrons. The van der Waals surface area contributed by atoms with Gasteiger partial charge in [0.05, 0.1) is 0 Å². The maximum absolute atomic E-state index is 11.0. The number of aryl methyl sites for hydroxylation is 1. The predicted octanol–water partition coefficient (Wildman–Crippen LogP) is 0.867. The average Bonchev–Trinajstić information content (AvgIpc) is 2.28. The molecule has 0 aliphatic heterocycles. The van der Waals surface area contributed by atoms with Crippen LogP contribution in [0.1, 0.15) is 29.4 Å². The number of aromatic nitrogens is 1. The molecule has 1 aromatic heterocycles. The molecule has 5 nitrogen and oxygen atoms in total. The summed E-state index contributed by atoms with van der Waals surface area (Å²) in [4.78, 5) is 15.2. The molecule has 0 bridgehead atoms. The van der Waals surface area contributed by atoms with Gasteiger partial charge in [-0.25, -0.2) is 4.98 Å². The summed E-state index contributed by atoms with van der Waals surface area (Å²) < 4.78 is 5.44. The number of hydrogen-bond donors (Lipinski definition) is 2. The fourth-order valence-corrected chi connectivity index (χ4v) is 1.38. The minimum atomic E-state index is -0.468. The molecular weight excluding hydrogens is 218 g/mol. The second kappa shape index (κ2) is 6.85. The summed E-state index contributed by atoms with van der Waals surface area (Å²) in [6.45, 7) is 6.16. The van der Waals surface area contributed by atoms with E-state index in [0.717, 1.165) is 25.2 Å². The molecule has 0 fully saturated rings. The Morgan fingerprint density at radius 3 is 2.88 bits per heavy atom. The number of hydrogen-bond acceptors (Lipinski definition) is 4. The van der Waals surface area contributed by atoms with E-state index < -0.39 is 5.91 Å². The molecule has 0 atom stereocenters. The molecule has 0 saturated carbocycles. The van der Waals surface area contributed by atoms with Crippen LogP contribution in [0.5, 0.6) is 5.88 Å². The van der Waals surface area contributed by atoms with Gasteiger partial charge in [0.25, 0.3) is 0 Å². The first kappa shape index (κ1) is 13.4. The minimum Gasteiger partial charge on any atom is -0.476 e. The molecular formula is C12H19N3O2. The third-order valence-corrected chi connectivity index (χ3v) is 2.17. The Morgan fingerprint density at radius 2 is 2.24 bits per heavy atom. The van der Waals surface area contributed by atoms with Gasteiger partial charge in [0.15, 0.2) is 0 Å². The van der Waals surface area contributed by atoms with Gasteiger partial charge in [-0.05, 0) is 26.0 Å². The van der Waals surface area contributed by atoms with E-state index in [4.69, 9.17) is 10.5 Å². The maximum Gasteiger partial charge on any atom is 0.248 e. The number of rotatable bonds is 7. The first-order valence-corrected chi connectivity index (χ1v) is 5.75. The van der Waals surface area contributed by atoms with Gasteiger partial charge in [-0.2, -0.15) is 0 Å². The highest BCUT2D eigenvalue weighted by Crippen LogP contribution is 2.11. The van der Waals surface area contributed by atoms with Crippen molar-refractivity contribution in [1.82, 2.24) is 10.3 Å². The monoisotopic (exact) mass is 237 g/mol. The fraction of sp³-hybridized carbons (Fsp3) is 0.500. The average molecular weight is 237 g/mol. The lowest BCUT2D eigenvalue weighted by molar-refractivity contribution is 0.0999. The van der Waals surface area contributed by atoms with E-state index in [1.807, 2.05) is 0 Å². The smallest absolute Gasteiger partial charge is 0.248 e. The van der Waals surface area contributed by atoms with E-state index in [1.165, 1.54) is 0 Å². The Labute approximate surface area is 101 Å². The van der Waals surface area contributed by atoms with Gasteiger partial charge in [0.1, 0.15) is 6.61 Å². The normalized spacial score (nSPS) is 10.2. The molecule has 1 rings (SSSR count). The number of pyridine rings is 1. The number of carbonyl (C=O) groups excluding carboxylic acids is 1. The van der Waals surface area contributed by atoms with Crippen molar-refractivity contribution in [2.24, 2.45) is 5.73 Å². The molecule has 0 radical (unpaired) electrons. The molecule has 0 unspecified atom stereocenters. The van der Waals surface area contributed by atoms with Crippen LogP contribution in [0.2, 0.25) is 0 Å². The summed E-state index contributed by atoms with van der Waals surface area (Å²) in [6, 6.07) is 3.21. The zero-order valence-electron chi connectivity index (χ0n) is 10.3. The standard InChI is InChI=1S/C12H19N3O2/c1-3-4-14-5-6-17-11-8-10(12(13)16)7-9(2)15-11/h7-8,14H,3-6H2,1-2H3,(H2,13,16). The molecule has 17 heavy (non-hydrogen) atoms. The highest BCUT2D eigenvalue weighted by molar-refractivity contribution is 5.93. The Morgan fingerprint density at radius 1 is 1.47 bits per heavy atom. The van der Waals surface area contributed by atoms with E-state index in [2.05, 4.69) is 17.2 Å². The van der Waals surface area contributed by atoms with Crippen molar-refractivity contribution >= 4 is 5.91 Å². The predicted molar refractivity (Wildman–Crippen MR) is 66.1 cm³/mol. The molecule has 0 aromatic carbocycles. The van der Waals surface area contributed by atoms with Crippen LogP contribution >= 0.6 is 0 Å². The quantitative estimate of drug-likeness (QED) is 0.690. The van der Waals surface area contributed by atoms with Crippen LogP contribution in [0.15, 0.2) is 12.1 Å². The van der Waals surface area contributed by atoms with E-state index >= 15 is 0 Å². The van der Waals surface area contributed by atoms with Crippen LogP contribution in [0.4, 0.5) is 0 Å². The van der Waals surface area contributed by atoms with Crippen molar-refractivity contribution in [3.05, 3.63) is 23.4 Å². The Kier molecular flexibility index (Phi) is 5.42. The second-order valence-electron chi connectivity index (χ2n) is 3.80. The van der Waals surface area contributed by atoms with E-state index in [1.54, 1.807) is 19.1 Å². The number of ether oxygens (including phenoxy) is 1. The summed E-state index contributed by atoms with van der Waals surface area (Å²) in [6.07, 6.45) is 1.09. The van der Waals surface area contributed by atoms with Crippen LogP contribution in [0.25, 0.3) is 0 Å². The van der Waals surface area contributed by atoms with Gasteiger partial charge in [-0.3, -0.25) is 4.79 Å².